The molecule has 0 saturated carbocycles. The molecule has 2 saturated heterocycles. The number of amides is 1. The maximum Gasteiger partial charge on any atom is 0.237 e. The average molecular weight is 273 g/mol. The summed E-state index contributed by atoms with van der Waals surface area (Å²) in [5, 5.41) is 6.52. The van der Waals surface area contributed by atoms with Gasteiger partial charge < -0.3 is 15.5 Å². The first kappa shape index (κ1) is 13.4. The van der Waals surface area contributed by atoms with Gasteiger partial charge >= 0.3 is 0 Å². The SMILES string of the molecule is O=C(NC1CCN(c2ccccc2)C1)C1CCCCN1. The molecule has 2 aliphatic heterocycles. The molecular weight excluding hydrogens is 250 g/mol. The van der Waals surface area contributed by atoms with E-state index in [0.29, 0.717) is 0 Å². The third-order valence-electron chi connectivity index (χ3n) is 4.28. The maximum atomic E-state index is 12.2. The average Bonchev–Trinajstić information content (AvgIpc) is 2.97. The first-order chi connectivity index (χ1) is 9.83. The topological polar surface area (TPSA) is 44.4 Å². The highest BCUT2D eigenvalue weighted by atomic mass is 16.2. The van der Waals surface area contributed by atoms with Crippen LogP contribution in [-0.4, -0.2) is 37.6 Å². The molecular formula is C16H23N3O. The molecule has 2 aliphatic rings. The lowest BCUT2D eigenvalue weighted by Crippen LogP contribution is -2.50. The van der Waals surface area contributed by atoms with Crippen molar-refractivity contribution < 1.29 is 4.79 Å². The zero-order chi connectivity index (χ0) is 13.8. The molecule has 0 radical (unpaired) electrons. The minimum Gasteiger partial charge on any atom is -0.369 e. The van der Waals surface area contributed by atoms with Crippen molar-refractivity contribution in [1.29, 1.82) is 0 Å². The van der Waals surface area contributed by atoms with Crippen molar-refractivity contribution in [2.45, 2.75) is 37.8 Å². The van der Waals surface area contributed by atoms with Crippen LogP contribution in [0.5, 0.6) is 0 Å². The lowest BCUT2D eigenvalue weighted by Gasteiger charge is -2.24. The second-order valence-electron chi connectivity index (χ2n) is 5.78. The molecule has 1 aromatic rings. The van der Waals surface area contributed by atoms with Crippen molar-refractivity contribution in [2.75, 3.05) is 24.5 Å². The molecule has 0 bridgehead atoms. The summed E-state index contributed by atoms with van der Waals surface area (Å²) in [5.41, 5.74) is 1.25. The van der Waals surface area contributed by atoms with Crippen LogP contribution in [0.15, 0.2) is 30.3 Å². The van der Waals surface area contributed by atoms with Crippen molar-refractivity contribution in [2.24, 2.45) is 0 Å². The van der Waals surface area contributed by atoms with Gasteiger partial charge in [-0.2, -0.15) is 0 Å². The van der Waals surface area contributed by atoms with Crippen molar-refractivity contribution in [3.63, 3.8) is 0 Å². The van der Waals surface area contributed by atoms with E-state index in [0.717, 1.165) is 38.9 Å². The summed E-state index contributed by atoms with van der Waals surface area (Å²) in [7, 11) is 0. The Morgan fingerprint density at radius 2 is 2.05 bits per heavy atom. The van der Waals surface area contributed by atoms with Gasteiger partial charge in [-0.3, -0.25) is 4.79 Å². The number of para-hydroxylation sites is 1. The zero-order valence-electron chi connectivity index (χ0n) is 11.8. The first-order valence-electron chi connectivity index (χ1n) is 7.67. The van der Waals surface area contributed by atoms with Crippen LogP contribution in [0.1, 0.15) is 25.7 Å². The Hall–Kier alpha value is -1.55. The summed E-state index contributed by atoms with van der Waals surface area (Å²) >= 11 is 0. The number of benzene rings is 1. The Labute approximate surface area is 120 Å². The van der Waals surface area contributed by atoms with Crippen molar-refractivity contribution in [3.8, 4) is 0 Å². The number of hydrogen-bond acceptors (Lipinski definition) is 3. The zero-order valence-corrected chi connectivity index (χ0v) is 11.8. The fourth-order valence-electron chi connectivity index (χ4n) is 3.13. The third-order valence-corrected chi connectivity index (χ3v) is 4.28. The van der Waals surface area contributed by atoms with E-state index in [1.165, 1.54) is 12.1 Å². The van der Waals surface area contributed by atoms with Gasteiger partial charge in [-0.25, -0.2) is 0 Å². The van der Waals surface area contributed by atoms with Crippen LogP contribution in [0.4, 0.5) is 5.69 Å². The van der Waals surface area contributed by atoms with Crippen LogP contribution in [0.3, 0.4) is 0 Å². The largest absolute Gasteiger partial charge is 0.369 e. The fraction of sp³-hybridized carbons (Fsp3) is 0.562. The highest BCUT2D eigenvalue weighted by Gasteiger charge is 2.27. The molecule has 4 nitrogen and oxygen atoms in total. The van der Waals surface area contributed by atoms with Gasteiger partial charge in [-0.15, -0.1) is 0 Å². The van der Waals surface area contributed by atoms with Gasteiger partial charge in [0.1, 0.15) is 0 Å². The maximum absolute atomic E-state index is 12.2. The molecule has 2 atom stereocenters. The fourth-order valence-corrected chi connectivity index (χ4v) is 3.13. The Kier molecular flexibility index (Phi) is 4.21. The first-order valence-corrected chi connectivity index (χ1v) is 7.67. The van der Waals surface area contributed by atoms with E-state index in [9.17, 15) is 4.79 Å². The Morgan fingerprint density at radius 1 is 1.20 bits per heavy atom. The number of rotatable bonds is 3. The van der Waals surface area contributed by atoms with Crippen molar-refractivity contribution in [1.82, 2.24) is 10.6 Å². The second kappa shape index (κ2) is 6.27. The van der Waals surface area contributed by atoms with Crippen LogP contribution < -0.4 is 15.5 Å². The van der Waals surface area contributed by atoms with E-state index in [1.807, 2.05) is 6.07 Å². The Morgan fingerprint density at radius 3 is 2.80 bits per heavy atom. The standard InChI is InChI=1S/C16H23N3O/c20-16(15-8-4-5-10-17-15)18-13-9-11-19(12-13)14-6-2-1-3-7-14/h1-3,6-7,13,15,17H,4-5,8-12H2,(H,18,20). The number of carbonyl (C=O) groups excluding carboxylic acids is 1. The highest BCUT2D eigenvalue weighted by Crippen LogP contribution is 2.20. The molecule has 3 rings (SSSR count). The molecule has 108 valence electrons. The number of carbonyl (C=O) groups is 1. The predicted octanol–water partition coefficient (Wildman–Crippen LogP) is 1.52. The molecule has 2 unspecified atom stereocenters. The minimum absolute atomic E-state index is 0.0227. The molecule has 1 amide bonds. The predicted molar refractivity (Wildman–Crippen MR) is 80.8 cm³/mol. The molecule has 0 spiro atoms. The summed E-state index contributed by atoms with van der Waals surface area (Å²) in [6.07, 6.45) is 4.36. The number of nitrogens with one attached hydrogen (secondary N) is 2. The van der Waals surface area contributed by atoms with Gasteiger partial charge in [0.2, 0.25) is 5.91 Å². The second-order valence-corrected chi connectivity index (χ2v) is 5.78. The van der Waals surface area contributed by atoms with E-state index in [-0.39, 0.29) is 18.0 Å². The lowest BCUT2D eigenvalue weighted by atomic mass is 10.0. The van der Waals surface area contributed by atoms with Crippen LogP contribution >= 0.6 is 0 Å². The normalized spacial score (nSPS) is 26.5. The van der Waals surface area contributed by atoms with Gasteiger partial charge in [-0.05, 0) is 37.9 Å². The van der Waals surface area contributed by atoms with Crippen LogP contribution in [0.25, 0.3) is 0 Å². The van der Waals surface area contributed by atoms with Gasteiger partial charge in [0.15, 0.2) is 0 Å². The Bertz CT molecular complexity index is 442. The number of hydrogen-bond donors (Lipinski definition) is 2. The molecule has 1 aromatic carbocycles. The molecule has 4 heteroatoms. The monoisotopic (exact) mass is 273 g/mol. The van der Waals surface area contributed by atoms with E-state index >= 15 is 0 Å². The number of nitrogens with zero attached hydrogens (tertiary/aromatic N) is 1. The molecule has 2 heterocycles. The van der Waals surface area contributed by atoms with Gasteiger partial charge in [0, 0.05) is 24.8 Å². The molecule has 0 aromatic heterocycles. The van der Waals surface area contributed by atoms with Crippen molar-refractivity contribution in [3.05, 3.63) is 30.3 Å². The van der Waals surface area contributed by atoms with E-state index in [1.54, 1.807) is 0 Å². The molecule has 0 aliphatic carbocycles. The molecule has 20 heavy (non-hydrogen) atoms. The molecule has 2 fully saturated rings. The third kappa shape index (κ3) is 3.12. The summed E-state index contributed by atoms with van der Waals surface area (Å²) in [6, 6.07) is 10.7. The minimum atomic E-state index is 0.0227. The highest BCUT2D eigenvalue weighted by molar-refractivity contribution is 5.82. The van der Waals surface area contributed by atoms with E-state index < -0.39 is 0 Å². The van der Waals surface area contributed by atoms with Crippen molar-refractivity contribution >= 4 is 11.6 Å². The van der Waals surface area contributed by atoms with Crippen LogP contribution in [0, 0.1) is 0 Å². The van der Waals surface area contributed by atoms with Gasteiger partial charge in [0.05, 0.1) is 6.04 Å². The Balaban J connectivity index is 1.51. The van der Waals surface area contributed by atoms with E-state index in [4.69, 9.17) is 0 Å². The summed E-state index contributed by atoms with van der Waals surface area (Å²) in [6.45, 7) is 2.91. The summed E-state index contributed by atoms with van der Waals surface area (Å²) < 4.78 is 0. The summed E-state index contributed by atoms with van der Waals surface area (Å²) in [4.78, 5) is 14.6. The quantitative estimate of drug-likeness (QED) is 0.878. The van der Waals surface area contributed by atoms with Crippen LogP contribution in [-0.2, 0) is 4.79 Å². The smallest absolute Gasteiger partial charge is 0.237 e. The van der Waals surface area contributed by atoms with E-state index in [2.05, 4.69) is 39.8 Å². The summed E-state index contributed by atoms with van der Waals surface area (Å²) in [5.74, 6) is 0.185. The van der Waals surface area contributed by atoms with Gasteiger partial charge in [-0.1, -0.05) is 24.6 Å². The number of piperidine rings is 1. The van der Waals surface area contributed by atoms with Gasteiger partial charge in [0.25, 0.3) is 0 Å². The van der Waals surface area contributed by atoms with Crippen LogP contribution in [0.2, 0.25) is 0 Å². The lowest BCUT2D eigenvalue weighted by molar-refractivity contribution is -0.124. The molecule has 2 N–H and O–H groups in total. The number of anilines is 1.